The van der Waals surface area contributed by atoms with E-state index in [1.807, 2.05) is 19.4 Å². The molecule has 0 aromatic carbocycles. The number of hydrogen-bond donors (Lipinski definition) is 1. The fourth-order valence-corrected chi connectivity index (χ4v) is 0. The van der Waals surface area contributed by atoms with E-state index in [0.717, 1.165) is 0 Å². The molecule has 0 heterocycles. The number of carboxylic acid groups (broad SMARTS) is 1. The van der Waals surface area contributed by atoms with Gasteiger partial charge in [0.2, 0.25) is 0 Å². The van der Waals surface area contributed by atoms with Crippen molar-refractivity contribution in [2.24, 2.45) is 0 Å². The van der Waals surface area contributed by atoms with Gasteiger partial charge in [-0.2, -0.15) is 0 Å². The Bertz CT molecular complexity index is 87.2. The molecule has 0 atom stereocenters. The lowest BCUT2D eigenvalue weighted by atomic mass is 10.4. The Kier molecular flexibility index (Phi) is 8.79. The van der Waals surface area contributed by atoms with Crippen LogP contribution in [0.3, 0.4) is 0 Å². The second-order valence-corrected chi connectivity index (χ2v) is 1.65. The van der Waals surface area contributed by atoms with Crippen molar-refractivity contribution in [2.45, 2.75) is 6.92 Å². The van der Waals surface area contributed by atoms with Gasteiger partial charge in [-0.15, -0.1) is 0 Å². The van der Waals surface area contributed by atoms with Crippen LogP contribution in [0.5, 0.6) is 0 Å². The quantitative estimate of drug-likeness (QED) is 0.423. The van der Waals surface area contributed by atoms with Crippen LogP contribution in [0, 0.1) is 0 Å². The van der Waals surface area contributed by atoms with Crippen LogP contribution in [0.15, 0.2) is 12.2 Å². The van der Waals surface area contributed by atoms with Gasteiger partial charge in [-0.05, 0) is 12.5 Å². The van der Waals surface area contributed by atoms with Crippen molar-refractivity contribution >= 4 is 5.97 Å². The molecular weight excluding hydrogens is 118 g/mol. The molecule has 0 aromatic heterocycles. The monoisotopic (exact) mass is 131 g/mol. The minimum absolute atomic E-state index is 0.0648. The lowest BCUT2D eigenvalue weighted by Gasteiger charge is -1.93. The Balaban J connectivity index is 0. The van der Waals surface area contributed by atoms with Crippen molar-refractivity contribution in [1.82, 2.24) is 0 Å². The number of carbonyl (C=O) groups is 1. The normalized spacial score (nSPS) is 7.00. The molecule has 9 heavy (non-hydrogen) atoms. The van der Waals surface area contributed by atoms with Gasteiger partial charge in [0.05, 0.1) is 20.1 Å². The fourth-order valence-electron chi connectivity index (χ4n) is 0. The second kappa shape index (κ2) is 7.17. The Morgan fingerprint density at radius 1 is 1.56 bits per heavy atom. The first-order valence-electron chi connectivity index (χ1n) is 2.67. The molecule has 2 N–H and O–H groups in total. The number of rotatable bonds is 1. The Morgan fingerprint density at radius 3 is 1.67 bits per heavy atom. The Morgan fingerprint density at radius 2 is 1.67 bits per heavy atom. The number of quaternary nitrogens is 1. The van der Waals surface area contributed by atoms with Gasteiger partial charge in [-0.3, -0.25) is 0 Å². The first-order chi connectivity index (χ1) is 4.06. The summed E-state index contributed by atoms with van der Waals surface area (Å²) in [6.07, 6.45) is 0. The maximum absolute atomic E-state index is 9.49. The molecule has 0 radical (unpaired) electrons. The molecule has 0 saturated carbocycles. The minimum Gasteiger partial charge on any atom is -0.545 e. The molecule has 0 aliphatic carbocycles. The SMILES string of the molecule is C=C(C)C(=O)[O-].C[NH2+]C. The largest absolute Gasteiger partial charge is 0.545 e. The summed E-state index contributed by atoms with van der Waals surface area (Å²) < 4.78 is 0. The van der Waals surface area contributed by atoms with Crippen molar-refractivity contribution in [3.8, 4) is 0 Å². The highest BCUT2D eigenvalue weighted by atomic mass is 16.4. The first-order valence-corrected chi connectivity index (χ1v) is 2.67. The summed E-state index contributed by atoms with van der Waals surface area (Å²) in [6, 6.07) is 0. The van der Waals surface area contributed by atoms with E-state index in [9.17, 15) is 9.90 Å². The zero-order chi connectivity index (χ0) is 7.86. The van der Waals surface area contributed by atoms with E-state index in [2.05, 4.69) is 6.58 Å². The third-order valence-corrected chi connectivity index (χ3v) is 0.348. The average Bonchev–Trinajstić information content (AvgIpc) is 1.68. The van der Waals surface area contributed by atoms with E-state index < -0.39 is 5.97 Å². The Hall–Kier alpha value is -0.830. The van der Waals surface area contributed by atoms with Crippen molar-refractivity contribution < 1.29 is 15.2 Å². The van der Waals surface area contributed by atoms with Gasteiger partial charge in [0.1, 0.15) is 0 Å². The highest BCUT2D eigenvalue weighted by Gasteiger charge is 1.76. The molecular formula is C6H13NO2. The molecule has 0 aromatic rings. The van der Waals surface area contributed by atoms with E-state index in [-0.39, 0.29) is 5.57 Å². The first kappa shape index (κ1) is 11.0. The standard InChI is InChI=1S/C4H6O2.C2H7N/c1-3(2)4(5)6;1-3-2/h1H2,2H3,(H,5,6);3H,1-2H3. The van der Waals surface area contributed by atoms with E-state index in [0.29, 0.717) is 0 Å². The number of hydrogen-bond acceptors (Lipinski definition) is 2. The third-order valence-electron chi connectivity index (χ3n) is 0.348. The second-order valence-electron chi connectivity index (χ2n) is 1.65. The number of nitrogens with two attached hydrogens (primary N) is 1. The van der Waals surface area contributed by atoms with Crippen LogP contribution in [-0.4, -0.2) is 20.1 Å². The van der Waals surface area contributed by atoms with Crippen molar-refractivity contribution in [1.29, 1.82) is 0 Å². The third kappa shape index (κ3) is 19.1. The van der Waals surface area contributed by atoms with Crippen molar-refractivity contribution in [2.75, 3.05) is 14.1 Å². The van der Waals surface area contributed by atoms with Crippen molar-refractivity contribution in [3.63, 3.8) is 0 Å². The topological polar surface area (TPSA) is 56.7 Å². The summed E-state index contributed by atoms with van der Waals surface area (Å²) in [5.74, 6) is -1.19. The smallest absolute Gasteiger partial charge is 0.0666 e. The lowest BCUT2D eigenvalue weighted by molar-refractivity contribution is -0.597. The van der Waals surface area contributed by atoms with Gasteiger partial charge >= 0.3 is 0 Å². The van der Waals surface area contributed by atoms with Gasteiger partial charge in [-0.25, -0.2) is 0 Å². The van der Waals surface area contributed by atoms with Crippen LogP contribution >= 0.6 is 0 Å². The number of carbonyl (C=O) groups excluding carboxylic acids is 1. The summed E-state index contributed by atoms with van der Waals surface area (Å²) in [5.41, 5.74) is 0.0648. The maximum Gasteiger partial charge on any atom is 0.0666 e. The van der Waals surface area contributed by atoms with E-state index in [1.165, 1.54) is 6.92 Å². The molecule has 54 valence electrons. The van der Waals surface area contributed by atoms with Gasteiger partial charge in [0, 0.05) is 0 Å². The molecule has 0 bridgehead atoms. The minimum atomic E-state index is -1.19. The van der Waals surface area contributed by atoms with Crippen LogP contribution in [0.25, 0.3) is 0 Å². The molecule has 3 nitrogen and oxygen atoms in total. The van der Waals surface area contributed by atoms with Gasteiger partial charge in [0.25, 0.3) is 0 Å². The molecule has 0 aliphatic heterocycles. The number of aliphatic carboxylic acids is 1. The molecule has 3 heteroatoms. The molecule has 0 amide bonds. The van der Waals surface area contributed by atoms with E-state index in [1.54, 1.807) is 0 Å². The van der Waals surface area contributed by atoms with Crippen molar-refractivity contribution in [3.05, 3.63) is 12.2 Å². The van der Waals surface area contributed by atoms with Crippen LogP contribution in [0.4, 0.5) is 0 Å². The van der Waals surface area contributed by atoms with Crippen LogP contribution in [0.2, 0.25) is 0 Å². The van der Waals surface area contributed by atoms with Crippen LogP contribution in [0.1, 0.15) is 6.92 Å². The van der Waals surface area contributed by atoms with Crippen LogP contribution < -0.4 is 10.4 Å². The summed E-state index contributed by atoms with van der Waals surface area (Å²) in [4.78, 5) is 9.49. The molecule has 0 unspecified atom stereocenters. The van der Waals surface area contributed by atoms with E-state index in [4.69, 9.17) is 0 Å². The summed E-state index contributed by atoms with van der Waals surface area (Å²) in [7, 11) is 4.00. The highest BCUT2D eigenvalue weighted by molar-refractivity contribution is 5.82. The fraction of sp³-hybridized carbons (Fsp3) is 0.500. The average molecular weight is 131 g/mol. The molecule has 0 fully saturated rings. The molecule has 0 aliphatic rings. The summed E-state index contributed by atoms with van der Waals surface area (Å²) in [6.45, 7) is 4.48. The maximum atomic E-state index is 9.49. The molecule has 0 saturated heterocycles. The van der Waals surface area contributed by atoms with Gasteiger partial charge in [-0.1, -0.05) is 6.58 Å². The summed E-state index contributed by atoms with van der Waals surface area (Å²) in [5, 5.41) is 11.5. The van der Waals surface area contributed by atoms with Gasteiger partial charge in [0.15, 0.2) is 0 Å². The van der Waals surface area contributed by atoms with E-state index >= 15 is 0 Å². The predicted octanol–water partition coefficient (Wildman–Crippen LogP) is -1.88. The van der Waals surface area contributed by atoms with Gasteiger partial charge < -0.3 is 15.2 Å². The molecule has 0 spiro atoms. The lowest BCUT2D eigenvalue weighted by Crippen LogP contribution is -2.74. The predicted molar refractivity (Wildman–Crippen MR) is 33.6 cm³/mol. The molecule has 0 rings (SSSR count). The number of carboxylic acids is 1. The summed E-state index contributed by atoms with van der Waals surface area (Å²) >= 11 is 0. The zero-order valence-electron chi connectivity index (χ0n) is 6.10. The zero-order valence-corrected chi connectivity index (χ0v) is 6.10. The van der Waals surface area contributed by atoms with Crippen LogP contribution in [-0.2, 0) is 4.79 Å². The highest BCUT2D eigenvalue weighted by Crippen LogP contribution is 1.77. The Labute approximate surface area is 55.4 Å².